The fraction of sp³-hybridized carbons (Fsp3) is 0.333. The van der Waals surface area contributed by atoms with Crippen LogP contribution in [0.15, 0.2) is 18.2 Å². The average molecular weight is 306 g/mol. The summed E-state index contributed by atoms with van der Waals surface area (Å²) in [6, 6.07) is 3.74. The van der Waals surface area contributed by atoms with E-state index in [0.29, 0.717) is 15.7 Å². The number of carboxylic acid groups (broad SMARTS) is 2. The first-order valence-corrected chi connectivity index (χ1v) is 6.24. The molecule has 0 aliphatic rings. The molecule has 19 heavy (non-hydrogen) atoms. The van der Waals surface area contributed by atoms with Gasteiger partial charge in [-0.2, -0.15) is 0 Å². The molecular weight excluding hydrogens is 293 g/mol. The first-order valence-electron chi connectivity index (χ1n) is 5.48. The lowest BCUT2D eigenvalue weighted by atomic mass is 10.2. The number of hydrogen-bond donors (Lipinski definition) is 2. The number of carboxylic acids is 2. The van der Waals surface area contributed by atoms with Gasteiger partial charge in [0.15, 0.2) is 0 Å². The topological polar surface area (TPSA) is 77.8 Å². The molecule has 1 unspecified atom stereocenters. The first-order chi connectivity index (χ1) is 8.81. The molecular formula is C12H13Cl2NO4. The maximum Gasteiger partial charge on any atom is 0.326 e. The number of aliphatic carboxylic acids is 2. The molecule has 0 heterocycles. The van der Waals surface area contributed by atoms with Crippen LogP contribution in [0.1, 0.15) is 13.3 Å². The first kappa shape index (κ1) is 15.6. The normalized spacial score (nSPS) is 11.9. The summed E-state index contributed by atoms with van der Waals surface area (Å²) < 4.78 is 0. The maximum absolute atomic E-state index is 11.1. The molecule has 1 rings (SSSR count). The minimum Gasteiger partial charge on any atom is -0.481 e. The third kappa shape index (κ3) is 4.61. The molecule has 0 aromatic heterocycles. The van der Waals surface area contributed by atoms with E-state index >= 15 is 0 Å². The van der Waals surface area contributed by atoms with Gasteiger partial charge in [0.25, 0.3) is 0 Å². The van der Waals surface area contributed by atoms with Gasteiger partial charge in [-0.15, -0.1) is 0 Å². The number of anilines is 1. The predicted molar refractivity (Wildman–Crippen MR) is 73.2 cm³/mol. The molecule has 1 atom stereocenters. The van der Waals surface area contributed by atoms with Gasteiger partial charge in [0.2, 0.25) is 0 Å². The molecule has 0 fully saturated rings. The van der Waals surface area contributed by atoms with Gasteiger partial charge < -0.3 is 15.1 Å². The summed E-state index contributed by atoms with van der Waals surface area (Å²) in [5, 5.41) is 18.5. The Kier molecular flexibility index (Phi) is 5.44. The predicted octanol–water partition coefficient (Wildman–Crippen LogP) is 2.75. The van der Waals surface area contributed by atoms with E-state index in [1.807, 2.05) is 0 Å². The van der Waals surface area contributed by atoms with E-state index in [9.17, 15) is 9.59 Å². The van der Waals surface area contributed by atoms with Crippen LogP contribution in [0.5, 0.6) is 0 Å². The minimum absolute atomic E-state index is 0.0550. The smallest absolute Gasteiger partial charge is 0.326 e. The van der Waals surface area contributed by atoms with Gasteiger partial charge in [-0.05, 0) is 25.1 Å². The summed E-state index contributed by atoms with van der Waals surface area (Å²) in [4.78, 5) is 23.1. The van der Waals surface area contributed by atoms with Crippen LogP contribution < -0.4 is 4.90 Å². The van der Waals surface area contributed by atoms with E-state index in [0.717, 1.165) is 0 Å². The Labute approximate surface area is 120 Å². The number of benzene rings is 1. The molecule has 0 radical (unpaired) electrons. The summed E-state index contributed by atoms with van der Waals surface area (Å²) >= 11 is 11.7. The van der Waals surface area contributed by atoms with Gasteiger partial charge in [-0.1, -0.05) is 23.2 Å². The molecule has 7 heteroatoms. The zero-order valence-corrected chi connectivity index (χ0v) is 11.6. The van der Waals surface area contributed by atoms with Crippen LogP contribution in [0.3, 0.4) is 0 Å². The molecule has 104 valence electrons. The molecule has 0 amide bonds. The molecule has 0 saturated heterocycles. The fourth-order valence-electron chi connectivity index (χ4n) is 1.60. The van der Waals surface area contributed by atoms with Crippen molar-refractivity contribution in [3.63, 3.8) is 0 Å². The highest BCUT2D eigenvalue weighted by Crippen LogP contribution is 2.27. The zero-order chi connectivity index (χ0) is 14.6. The summed E-state index contributed by atoms with van der Waals surface area (Å²) in [7, 11) is 0. The zero-order valence-electron chi connectivity index (χ0n) is 10.1. The molecule has 1 aromatic rings. The second-order valence-corrected chi connectivity index (χ2v) is 4.85. The van der Waals surface area contributed by atoms with E-state index in [-0.39, 0.29) is 13.0 Å². The van der Waals surface area contributed by atoms with Gasteiger partial charge in [0.1, 0.15) is 6.04 Å². The largest absolute Gasteiger partial charge is 0.481 e. The summed E-state index contributed by atoms with van der Waals surface area (Å²) in [5.74, 6) is -2.06. The number of carbonyl (C=O) groups is 2. The number of nitrogens with zero attached hydrogens (tertiary/aromatic N) is 1. The Morgan fingerprint density at radius 1 is 1.21 bits per heavy atom. The second-order valence-electron chi connectivity index (χ2n) is 3.98. The molecule has 0 saturated carbocycles. The standard InChI is InChI=1S/C12H13Cl2NO4/c1-7(12(18)19)15(3-2-11(16)17)10-5-8(13)4-9(14)6-10/h4-7H,2-3H2,1H3,(H,16,17)(H,18,19). The second kappa shape index (κ2) is 6.63. The van der Waals surface area contributed by atoms with E-state index in [4.69, 9.17) is 33.4 Å². The minimum atomic E-state index is -1.05. The van der Waals surface area contributed by atoms with Crippen molar-refractivity contribution in [2.75, 3.05) is 11.4 Å². The van der Waals surface area contributed by atoms with Gasteiger partial charge in [0.05, 0.1) is 6.42 Å². The van der Waals surface area contributed by atoms with Crippen LogP contribution in [0.4, 0.5) is 5.69 Å². The van der Waals surface area contributed by atoms with Crippen LogP contribution in [-0.2, 0) is 9.59 Å². The van der Waals surface area contributed by atoms with Crippen LogP contribution in [0, 0.1) is 0 Å². The lowest BCUT2D eigenvalue weighted by molar-refractivity contribution is -0.139. The fourth-order valence-corrected chi connectivity index (χ4v) is 2.12. The van der Waals surface area contributed by atoms with Crippen molar-refractivity contribution >= 4 is 40.8 Å². The lowest BCUT2D eigenvalue weighted by Gasteiger charge is -2.28. The average Bonchev–Trinajstić information content (AvgIpc) is 2.27. The summed E-state index contributed by atoms with van der Waals surface area (Å²) in [6.45, 7) is 1.53. The molecule has 1 aromatic carbocycles. The van der Waals surface area contributed by atoms with Gasteiger partial charge >= 0.3 is 11.9 Å². The summed E-state index contributed by atoms with van der Waals surface area (Å²) in [5.41, 5.74) is 0.480. The van der Waals surface area contributed by atoms with Crippen LogP contribution in [0.2, 0.25) is 10.0 Å². The van der Waals surface area contributed by atoms with Crippen LogP contribution >= 0.6 is 23.2 Å². The number of halogens is 2. The molecule has 0 aliphatic heterocycles. The summed E-state index contributed by atoms with van der Waals surface area (Å²) in [6.07, 6.45) is -0.179. The number of rotatable bonds is 6. The van der Waals surface area contributed by atoms with Gasteiger partial charge in [0, 0.05) is 22.3 Å². The van der Waals surface area contributed by atoms with Crippen molar-refractivity contribution in [1.29, 1.82) is 0 Å². The van der Waals surface area contributed by atoms with Crippen molar-refractivity contribution in [2.24, 2.45) is 0 Å². The monoisotopic (exact) mass is 305 g/mol. The molecule has 5 nitrogen and oxygen atoms in total. The highest BCUT2D eigenvalue weighted by Gasteiger charge is 2.22. The highest BCUT2D eigenvalue weighted by atomic mass is 35.5. The Bertz CT molecular complexity index is 472. The van der Waals surface area contributed by atoms with Crippen molar-refractivity contribution in [2.45, 2.75) is 19.4 Å². The molecule has 0 bridgehead atoms. The lowest BCUT2D eigenvalue weighted by Crippen LogP contribution is -2.40. The van der Waals surface area contributed by atoms with Gasteiger partial charge in [-0.3, -0.25) is 4.79 Å². The maximum atomic E-state index is 11.1. The molecule has 0 aliphatic carbocycles. The third-order valence-corrected chi connectivity index (χ3v) is 3.01. The Hall–Kier alpha value is -1.46. The Morgan fingerprint density at radius 3 is 2.16 bits per heavy atom. The van der Waals surface area contributed by atoms with E-state index in [2.05, 4.69) is 0 Å². The van der Waals surface area contributed by atoms with Crippen molar-refractivity contribution in [3.8, 4) is 0 Å². The Balaban J connectivity index is 3.06. The highest BCUT2D eigenvalue weighted by molar-refractivity contribution is 6.35. The molecule has 0 spiro atoms. The molecule has 2 N–H and O–H groups in total. The van der Waals surface area contributed by atoms with E-state index in [1.54, 1.807) is 12.1 Å². The third-order valence-electron chi connectivity index (χ3n) is 2.57. The van der Waals surface area contributed by atoms with E-state index < -0.39 is 18.0 Å². The van der Waals surface area contributed by atoms with Crippen molar-refractivity contribution < 1.29 is 19.8 Å². The van der Waals surface area contributed by atoms with Gasteiger partial charge in [-0.25, -0.2) is 4.79 Å². The quantitative estimate of drug-likeness (QED) is 0.845. The van der Waals surface area contributed by atoms with Crippen LogP contribution in [0.25, 0.3) is 0 Å². The Morgan fingerprint density at radius 2 is 1.74 bits per heavy atom. The van der Waals surface area contributed by atoms with Crippen molar-refractivity contribution in [3.05, 3.63) is 28.2 Å². The van der Waals surface area contributed by atoms with Crippen LogP contribution in [-0.4, -0.2) is 34.7 Å². The SMILES string of the molecule is CC(C(=O)O)N(CCC(=O)O)c1cc(Cl)cc(Cl)c1. The van der Waals surface area contributed by atoms with E-state index in [1.165, 1.54) is 17.9 Å². The number of hydrogen-bond acceptors (Lipinski definition) is 3. The van der Waals surface area contributed by atoms with Crippen molar-refractivity contribution in [1.82, 2.24) is 0 Å².